The van der Waals surface area contributed by atoms with Gasteiger partial charge in [0.2, 0.25) is 11.8 Å². The molecule has 0 radical (unpaired) electrons. The van der Waals surface area contributed by atoms with Gasteiger partial charge in [-0.1, -0.05) is 58.4 Å². The van der Waals surface area contributed by atoms with Gasteiger partial charge in [0.25, 0.3) is 0 Å². The molecule has 2 aromatic rings. The third-order valence-electron chi connectivity index (χ3n) is 3.62. The van der Waals surface area contributed by atoms with E-state index in [1.165, 1.54) is 0 Å². The number of amides is 2. The molecule has 2 rings (SSSR count). The van der Waals surface area contributed by atoms with Gasteiger partial charge in [0, 0.05) is 31.0 Å². The number of carbonyl (C=O) groups excluding carboxylic acids is 2. The highest BCUT2D eigenvalue weighted by molar-refractivity contribution is 9.10. The molecule has 0 atom stereocenters. The van der Waals surface area contributed by atoms with Crippen LogP contribution in [0, 0.1) is 0 Å². The van der Waals surface area contributed by atoms with Gasteiger partial charge >= 0.3 is 0 Å². The highest BCUT2D eigenvalue weighted by Crippen LogP contribution is 2.12. The molecule has 0 saturated heterocycles. The molecular weight excluding hydrogens is 368 g/mol. The summed E-state index contributed by atoms with van der Waals surface area (Å²) in [7, 11) is 0. The minimum absolute atomic E-state index is 0.0000852. The van der Waals surface area contributed by atoms with E-state index in [-0.39, 0.29) is 11.8 Å². The maximum atomic E-state index is 12.0. The fourth-order valence-corrected chi connectivity index (χ4v) is 2.82. The number of nitrogens with one attached hydrogen (secondary N) is 1. The summed E-state index contributed by atoms with van der Waals surface area (Å²) in [5.41, 5.74) is 2.03. The Morgan fingerprint density at radius 3 is 2.42 bits per heavy atom. The summed E-state index contributed by atoms with van der Waals surface area (Å²) in [6.07, 6.45) is 0.332. The minimum Gasteiger partial charge on any atom is -0.354 e. The van der Waals surface area contributed by atoms with Gasteiger partial charge in [-0.25, -0.2) is 0 Å². The molecule has 126 valence electrons. The standard InChI is InChI=1S/C19H21BrN2O2/c1-15(23)22(14-16-6-3-2-4-7-16)11-10-21-19(24)13-17-8-5-9-18(20)12-17/h2-9,12H,10-11,13-14H2,1H3,(H,21,24). The molecule has 2 aromatic carbocycles. The van der Waals surface area contributed by atoms with Gasteiger partial charge in [-0.3, -0.25) is 9.59 Å². The van der Waals surface area contributed by atoms with E-state index in [0.717, 1.165) is 15.6 Å². The van der Waals surface area contributed by atoms with E-state index >= 15 is 0 Å². The highest BCUT2D eigenvalue weighted by atomic mass is 79.9. The number of benzene rings is 2. The predicted molar refractivity (Wildman–Crippen MR) is 98.4 cm³/mol. The van der Waals surface area contributed by atoms with Gasteiger partial charge in [-0.2, -0.15) is 0 Å². The predicted octanol–water partition coefficient (Wildman–Crippen LogP) is 3.16. The lowest BCUT2D eigenvalue weighted by molar-refractivity contribution is -0.130. The molecule has 2 amide bonds. The molecule has 0 aromatic heterocycles. The maximum Gasteiger partial charge on any atom is 0.224 e. The smallest absolute Gasteiger partial charge is 0.224 e. The van der Waals surface area contributed by atoms with Crippen LogP contribution in [0.25, 0.3) is 0 Å². The number of rotatable bonds is 7. The first-order valence-electron chi connectivity index (χ1n) is 7.85. The zero-order valence-corrected chi connectivity index (χ0v) is 15.3. The molecular formula is C19H21BrN2O2. The maximum absolute atomic E-state index is 12.0. The molecule has 0 aliphatic carbocycles. The Labute approximate surface area is 151 Å². The number of halogens is 1. The Balaban J connectivity index is 1.80. The molecule has 0 aliphatic rings. The zero-order chi connectivity index (χ0) is 17.4. The molecule has 5 heteroatoms. The van der Waals surface area contributed by atoms with Crippen molar-refractivity contribution in [3.63, 3.8) is 0 Å². The van der Waals surface area contributed by atoms with Gasteiger partial charge in [0.1, 0.15) is 0 Å². The first kappa shape index (κ1) is 18.2. The summed E-state index contributed by atoms with van der Waals surface area (Å²) < 4.78 is 0.957. The van der Waals surface area contributed by atoms with E-state index in [0.29, 0.717) is 26.1 Å². The second-order valence-electron chi connectivity index (χ2n) is 5.58. The van der Waals surface area contributed by atoms with Crippen LogP contribution in [0.5, 0.6) is 0 Å². The number of hydrogen-bond donors (Lipinski definition) is 1. The van der Waals surface area contributed by atoms with Crippen molar-refractivity contribution in [2.45, 2.75) is 19.9 Å². The quantitative estimate of drug-likeness (QED) is 0.791. The van der Waals surface area contributed by atoms with E-state index < -0.39 is 0 Å². The van der Waals surface area contributed by atoms with Crippen LogP contribution >= 0.6 is 15.9 Å². The first-order valence-corrected chi connectivity index (χ1v) is 8.64. The van der Waals surface area contributed by atoms with Crippen LogP contribution in [0.2, 0.25) is 0 Å². The van der Waals surface area contributed by atoms with E-state index in [1.54, 1.807) is 11.8 Å². The fraction of sp³-hybridized carbons (Fsp3) is 0.263. The van der Waals surface area contributed by atoms with Gasteiger partial charge in [0.05, 0.1) is 6.42 Å². The topological polar surface area (TPSA) is 49.4 Å². The molecule has 0 spiro atoms. The molecule has 0 saturated carbocycles. The van der Waals surface area contributed by atoms with Crippen LogP contribution in [0.4, 0.5) is 0 Å². The Morgan fingerprint density at radius 2 is 1.75 bits per heavy atom. The Bertz CT molecular complexity index is 689. The second-order valence-corrected chi connectivity index (χ2v) is 6.50. The van der Waals surface area contributed by atoms with Crippen molar-refractivity contribution in [2.75, 3.05) is 13.1 Å². The van der Waals surface area contributed by atoms with Crippen LogP contribution in [0.3, 0.4) is 0 Å². The Kier molecular flexibility index (Phi) is 7.00. The van der Waals surface area contributed by atoms with Crippen LogP contribution in [0.1, 0.15) is 18.1 Å². The van der Waals surface area contributed by atoms with Gasteiger partial charge < -0.3 is 10.2 Å². The van der Waals surface area contributed by atoms with Crippen LogP contribution < -0.4 is 5.32 Å². The van der Waals surface area contributed by atoms with Crippen LogP contribution in [-0.4, -0.2) is 29.8 Å². The fourth-order valence-electron chi connectivity index (χ4n) is 2.38. The van der Waals surface area contributed by atoms with E-state index in [1.807, 2.05) is 54.6 Å². The summed E-state index contributed by atoms with van der Waals surface area (Å²) in [4.78, 5) is 25.5. The summed E-state index contributed by atoms with van der Waals surface area (Å²) in [6, 6.07) is 17.5. The van der Waals surface area contributed by atoms with Crippen LogP contribution in [0.15, 0.2) is 59.1 Å². The van der Waals surface area contributed by atoms with Crippen molar-refractivity contribution in [3.8, 4) is 0 Å². The Hall–Kier alpha value is -2.14. The third-order valence-corrected chi connectivity index (χ3v) is 4.11. The van der Waals surface area contributed by atoms with E-state index in [4.69, 9.17) is 0 Å². The summed E-state index contributed by atoms with van der Waals surface area (Å²) in [5.74, 6) is -0.0450. The van der Waals surface area contributed by atoms with Gasteiger partial charge in [-0.15, -0.1) is 0 Å². The summed E-state index contributed by atoms with van der Waals surface area (Å²) in [6.45, 7) is 3.04. The van der Waals surface area contributed by atoms with Crippen molar-refractivity contribution in [3.05, 3.63) is 70.2 Å². The zero-order valence-electron chi connectivity index (χ0n) is 13.7. The number of hydrogen-bond acceptors (Lipinski definition) is 2. The lowest BCUT2D eigenvalue weighted by Crippen LogP contribution is -2.37. The van der Waals surface area contributed by atoms with Crippen molar-refractivity contribution in [1.29, 1.82) is 0 Å². The average molecular weight is 389 g/mol. The molecule has 0 fully saturated rings. The third kappa shape index (κ3) is 6.16. The van der Waals surface area contributed by atoms with E-state index in [9.17, 15) is 9.59 Å². The van der Waals surface area contributed by atoms with Crippen LogP contribution in [-0.2, 0) is 22.6 Å². The molecule has 0 aliphatic heterocycles. The van der Waals surface area contributed by atoms with Crippen molar-refractivity contribution >= 4 is 27.7 Å². The van der Waals surface area contributed by atoms with E-state index in [2.05, 4.69) is 21.2 Å². The summed E-state index contributed by atoms with van der Waals surface area (Å²) in [5, 5.41) is 2.87. The molecule has 0 unspecified atom stereocenters. The number of carbonyl (C=O) groups is 2. The molecule has 0 heterocycles. The molecule has 1 N–H and O–H groups in total. The minimum atomic E-state index is -0.0451. The molecule has 24 heavy (non-hydrogen) atoms. The summed E-state index contributed by atoms with van der Waals surface area (Å²) >= 11 is 3.40. The number of nitrogens with zero attached hydrogens (tertiary/aromatic N) is 1. The molecule has 4 nitrogen and oxygen atoms in total. The van der Waals surface area contributed by atoms with Crippen molar-refractivity contribution in [1.82, 2.24) is 10.2 Å². The monoisotopic (exact) mass is 388 g/mol. The van der Waals surface area contributed by atoms with Gasteiger partial charge in [0.15, 0.2) is 0 Å². The van der Waals surface area contributed by atoms with Gasteiger partial charge in [-0.05, 0) is 23.3 Å². The lowest BCUT2D eigenvalue weighted by Gasteiger charge is -2.21. The average Bonchev–Trinajstić information content (AvgIpc) is 2.54. The largest absolute Gasteiger partial charge is 0.354 e. The highest BCUT2D eigenvalue weighted by Gasteiger charge is 2.10. The molecule has 0 bridgehead atoms. The first-order chi connectivity index (χ1) is 11.5. The Morgan fingerprint density at radius 1 is 1.04 bits per heavy atom. The second kappa shape index (κ2) is 9.23. The lowest BCUT2D eigenvalue weighted by atomic mass is 10.1. The normalized spacial score (nSPS) is 10.2. The van der Waals surface area contributed by atoms with Crippen molar-refractivity contribution < 1.29 is 9.59 Å². The van der Waals surface area contributed by atoms with Crippen molar-refractivity contribution in [2.24, 2.45) is 0 Å². The SMILES string of the molecule is CC(=O)N(CCNC(=O)Cc1cccc(Br)c1)Cc1ccccc1.